The Labute approximate surface area is 122 Å². The fourth-order valence-corrected chi connectivity index (χ4v) is 2.58. The molecule has 0 amide bonds. The van der Waals surface area contributed by atoms with Crippen LogP contribution in [0.1, 0.15) is 10.5 Å². The number of H-pyrrole nitrogens is 1. The summed E-state index contributed by atoms with van der Waals surface area (Å²) in [6, 6.07) is 6.73. The molecule has 0 bridgehead atoms. The highest BCUT2D eigenvalue weighted by Gasteiger charge is 2.15. The van der Waals surface area contributed by atoms with E-state index in [9.17, 15) is 14.9 Å². The number of carbonyl (C=O) groups excluding carboxylic acids is 1. The number of nitro groups is 1. The number of aromatic amines is 1. The molecule has 8 nitrogen and oxygen atoms in total. The molecule has 106 valence electrons. The zero-order chi connectivity index (χ0) is 14.8. The fourth-order valence-electron chi connectivity index (χ4n) is 1.78. The van der Waals surface area contributed by atoms with Crippen LogP contribution in [0.3, 0.4) is 0 Å². The SMILES string of the molecule is O=C(CSc1nnc2ccccn12)c1cc([N+](=O)[O-])c[nH]1. The molecule has 0 aliphatic rings. The van der Waals surface area contributed by atoms with E-state index >= 15 is 0 Å². The van der Waals surface area contributed by atoms with E-state index in [0.29, 0.717) is 10.8 Å². The van der Waals surface area contributed by atoms with Crippen molar-refractivity contribution < 1.29 is 9.72 Å². The van der Waals surface area contributed by atoms with E-state index in [1.807, 2.05) is 24.4 Å². The lowest BCUT2D eigenvalue weighted by Gasteiger charge is -1.98. The summed E-state index contributed by atoms with van der Waals surface area (Å²) >= 11 is 1.23. The van der Waals surface area contributed by atoms with Gasteiger partial charge in [-0.25, -0.2) is 0 Å². The van der Waals surface area contributed by atoms with E-state index in [2.05, 4.69) is 15.2 Å². The van der Waals surface area contributed by atoms with Crippen LogP contribution in [0.25, 0.3) is 5.65 Å². The Morgan fingerprint density at radius 1 is 1.43 bits per heavy atom. The molecule has 0 saturated carbocycles. The molecule has 3 heterocycles. The van der Waals surface area contributed by atoms with E-state index in [1.54, 1.807) is 4.40 Å². The predicted molar refractivity (Wildman–Crippen MR) is 75.5 cm³/mol. The van der Waals surface area contributed by atoms with E-state index in [0.717, 1.165) is 0 Å². The number of rotatable bonds is 5. The third-order valence-electron chi connectivity index (χ3n) is 2.79. The van der Waals surface area contributed by atoms with Gasteiger partial charge >= 0.3 is 0 Å². The molecule has 3 aromatic rings. The van der Waals surface area contributed by atoms with Gasteiger partial charge in [-0.1, -0.05) is 17.8 Å². The van der Waals surface area contributed by atoms with Crippen molar-refractivity contribution in [3.8, 4) is 0 Å². The van der Waals surface area contributed by atoms with Crippen LogP contribution < -0.4 is 0 Å². The summed E-state index contributed by atoms with van der Waals surface area (Å²) in [7, 11) is 0. The molecule has 9 heteroatoms. The first-order valence-electron chi connectivity index (χ1n) is 5.94. The standard InChI is InChI=1S/C12H9N5O3S/c18-10(9-5-8(6-13-9)17(19)20)7-21-12-15-14-11-3-1-2-4-16(11)12/h1-6,13H,7H2. The highest BCUT2D eigenvalue weighted by Crippen LogP contribution is 2.19. The van der Waals surface area contributed by atoms with Crippen molar-refractivity contribution in [3.05, 3.63) is 52.5 Å². The Balaban J connectivity index is 1.72. The number of aromatic nitrogens is 4. The number of fused-ring (bicyclic) bond motifs is 1. The highest BCUT2D eigenvalue weighted by molar-refractivity contribution is 7.99. The molecule has 0 atom stereocenters. The Morgan fingerprint density at radius 2 is 2.29 bits per heavy atom. The van der Waals surface area contributed by atoms with Crippen molar-refractivity contribution in [1.82, 2.24) is 19.6 Å². The largest absolute Gasteiger partial charge is 0.353 e. The number of hydrogen-bond acceptors (Lipinski definition) is 6. The molecule has 0 unspecified atom stereocenters. The lowest BCUT2D eigenvalue weighted by molar-refractivity contribution is -0.384. The van der Waals surface area contributed by atoms with Crippen LogP contribution in [-0.2, 0) is 0 Å². The van der Waals surface area contributed by atoms with Gasteiger partial charge in [-0.05, 0) is 12.1 Å². The molecule has 0 aliphatic heterocycles. The Hall–Kier alpha value is -2.68. The second-order valence-corrected chi connectivity index (χ2v) is 5.09. The van der Waals surface area contributed by atoms with Crippen LogP contribution in [0.2, 0.25) is 0 Å². The molecule has 0 spiro atoms. The molecule has 0 saturated heterocycles. The molecule has 3 aromatic heterocycles. The number of thioether (sulfide) groups is 1. The van der Waals surface area contributed by atoms with E-state index in [4.69, 9.17) is 0 Å². The summed E-state index contributed by atoms with van der Waals surface area (Å²) in [5.74, 6) is -0.117. The third-order valence-corrected chi connectivity index (χ3v) is 3.74. The summed E-state index contributed by atoms with van der Waals surface area (Å²) in [5.41, 5.74) is 0.780. The van der Waals surface area contributed by atoms with Gasteiger partial charge < -0.3 is 4.98 Å². The Kier molecular flexibility index (Phi) is 3.40. The number of carbonyl (C=O) groups is 1. The summed E-state index contributed by atoms with van der Waals surface area (Å²) in [4.78, 5) is 24.6. The van der Waals surface area contributed by atoms with Crippen molar-refractivity contribution in [2.75, 3.05) is 5.75 Å². The minimum atomic E-state index is -0.549. The number of nitrogens with zero attached hydrogens (tertiary/aromatic N) is 4. The highest BCUT2D eigenvalue weighted by atomic mass is 32.2. The van der Waals surface area contributed by atoms with Crippen LogP contribution in [0.5, 0.6) is 0 Å². The van der Waals surface area contributed by atoms with E-state index < -0.39 is 4.92 Å². The fraction of sp³-hybridized carbons (Fsp3) is 0.0833. The minimum absolute atomic E-state index is 0.118. The van der Waals surface area contributed by atoms with Crippen molar-refractivity contribution >= 4 is 28.9 Å². The molecule has 1 N–H and O–H groups in total. The van der Waals surface area contributed by atoms with Gasteiger partial charge in [0.25, 0.3) is 5.69 Å². The van der Waals surface area contributed by atoms with Gasteiger partial charge in [0.05, 0.1) is 22.6 Å². The van der Waals surface area contributed by atoms with Crippen LogP contribution in [-0.4, -0.2) is 36.0 Å². The van der Waals surface area contributed by atoms with Gasteiger partial charge in [-0.15, -0.1) is 10.2 Å². The van der Waals surface area contributed by atoms with Gasteiger partial charge in [0, 0.05) is 12.3 Å². The zero-order valence-corrected chi connectivity index (χ0v) is 11.4. The Bertz CT molecular complexity index is 825. The second-order valence-electron chi connectivity index (χ2n) is 4.15. The quantitative estimate of drug-likeness (QED) is 0.334. The summed E-state index contributed by atoms with van der Waals surface area (Å²) in [6.45, 7) is 0. The van der Waals surface area contributed by atoms with Crippen LogP contribution in [0.15, 0.2) is 41.8 Å². The average molecular weight is 303 g/mol. The smallest absolute Gasteiger partial charge is 0.287 e. The van der Waals surface area contributed by atoms with Crippen molar-refractivity contribution in [2.45, 2.75) is 5.16 Å². The van der Waals surface area contributed by atoms with Crippen molar-refractivity contribution in [1.29, 1.82) is 0 Å². The first kappa shape index (κ1) is 13.3. The number of Topliss-reactive ketones (excluding diaryl/α,β-unsaturated/α-hetero) is 1. The maximum absolute atomic E-state index is 12.0. The second kappa shape index (κ2) is 5.37. The van der Waals surface area contributed by atoms with Crippen molar-refractivity contribution in [3.63, 3.8) is 0 Å². The first-order valence-corrected chi connectivity index (χ1v) is 6.92. The Morgan fingerprint density at radius 3 is 3.05 bits per heavy atom. The average Bonchev–Trinajstić information content (AvgIpc) is 3.12. The summed E-state index contributed by atoms with van der Waals surface area (Å²) in [5, 5.41) is 19.2. The normalized spacial score (nSPS) is 10.9. The lowest BCUT2D eigenvalue weighted by Crippen LogP contribution is -2.03. The number of hydrogen-bond donors (Lipinski definition) is 1. The molecule has 0 radical (unpaired) electrons. The summed E-state index contributed by atoms with van der Waals surface area (Å²) in [6.07, 6.45) is 3.01. The van der Waals surface area contributed by atoms with Gasteiger partial charge in [-0.3, -0.25) is 19.3 Å². The van der Waals surface area contributed by atoms with E-state index in [-0.39, 0.29) is 22.9 Å². The van der Waals surface area contributed by atoms with Crippen LogP contribution in [0, 0.1) is 10.1 Å². The van der Waals surface area contributed by atoms with Crippen molar-refractivity contribution in [2.24, 2.45) is 0 Å². The molecule has 0 aliphatic carbocycles. The molecule has 21 heavy (non-hydrogen) atoms. The van der Waals surface area contributed by atoms with Gasteiger partial charge in [0.2, 0.25) is 0 Å². The van der Waals surface area contributed by atoms with Gasteiger partial charge in [0.15, 0.2) is 16.6 Å². The maximum Gasteiger partial charge on any atom is 0.287 e. The lowest BCUT2D eigenvalue weighted by atomic mass is 10.3. The van der Waals surface area contributed by atoms with E-state index in [1.165, 1.54) is 24.0 Å². The molecule has 3 rings (SSSR count). The monoisotopic (exact) mass is 303 g/mol. The predicted octanol–water partition coefficient (Wildman–Crippen LogP) is 1.94. The number of nitrogens with one attached hydrogen (secondary N) is 1. The minimum Gasteiger partial charge on any atom is -0.353 e. The van der Waals surface area contributed by atoms with Gasteiger partial charge in [0.1, 0.15) is 0 Å². The molecule has 0 aromatic carbocycles. The third kappa shape index (κ3) is 2.63. The number of pyridine rings is 1. The van der Waals surface area contributed by atoms with Crippen LogP contribution in [0.4, 0.5) is 5.69 Å². The van der Waals surface area contributed by atoms with Gasteiger partial charge in [-0.2, -0.15) is 0 Å². The van der Waals surface area contributed by atoms with Crippen LogP contribution >= 0.6 is 11.8 Å². The molecular formula is C12H9N5O3S. The molecule has 0 fully saturated rings. The topological polar surface area (TPSA) is 106 Å². The number of ketones is 1. The molecular weight excluding hydrogens is 294 g/mol. The maximum atomic E-state index is 12.0. The zero-order valence-electron chi connectivity index (χ0n) is 10.6. The first-order chi connectivity index (χ1) is 10.1. The summed E-state index contributed by atoms with van der Waals surface area (Å²) < 4.78 is 1.77.